The molecule has 2 aromatic rings. The Morgan fingerprint density at radius 1 is 1.14 bits per heavy atom. The van der Waals surface area contributed by atoms with Gasteiger partial charge in [-0.1, -0.05) is 25.5 Å². The topological polar surface area (TPSA) is 37.8 Å². The minimum atomic E-state index is -0.372. The number of hydrogen-bond donors (Lipinski definition) is 1. The largest absolute Gasteiger partial charge is 0.373 e. The van der Waals surface area contributed by atoms with Crippen molar-refractivity contribution in [3.05, 3.63) is 53.2 Å². The van der Waals surface area contributed by atoms with Gasteiger partial charge in [0.2, 0.25) is 0 Å². The summed E-state index contributed by atoms with van der Waals surface area (Å²) in [7, 11) is 1.85. The van der Waals surface area contributed by atoms with Crippen LogP contribution in [0.25, 0.3) is 0 Å². The van der Waals surface area contributed by atoms with Crippen LogP contribution in [0.4, 0.5) is 10.2 Å². The van der Waals surface area contributed by atoms with Crippen LogP contribution in [-0.2, 0) is 11.8 Å². The molecule has 0 radical (unpaired) electrons. The fourth-order valence-corrected chi connectivity index (χ4v) is 2.28. The summed E-state index contributed by atoms with van der Waals surface area (Å²) < 4.78 is 13.1. The van der Waals surface area contributed by atoms with E-state index in [9.17, 15) is 4.39 Å². The van der Waals surface area contributed by atoms with E-state index in [0.29, 0.717) is 0 Å². The maximum atomic E-state index is 13.1. The first-order valence-electron chi connectivity index (χ1n) is 7.29. The molecule has 0 atom stereocenters. The Morgan fingerprint density at radius 2 is 1.81 bits per heavy atom. The molecule has 1 aromatic heterocycles. The molecule has 0 bridgehead atoms. The smallest absolute Gasteiger partial charge is 0.140 e. The van der Waals surface area contributed by atoms with Gasteiger partial charge in [-0.25, -0.2) is 14.4 Å². The Morgan fingerprint density at radius 3 is 2.38 bits per heavy atom. The van der Waals surface area contributed by atoms with Crippen molar-refractivity contribution >= 4 is 5.82 Å². The summed E-state index contributed by atoms with van der Waals surface area (Å²) in [5.41, 5.74) is 1.66. The molecule has 21 heavy (non-hydrogen) atoms. The number of hydrogen-bond acceptors (Lipinski definition) is 3. The lowest BCUT2D eigenvalue weighted by Crippen LogP contribution is -2.23. The van der Waals surface area contributed by atoms with Crippen LogP contribution >= 0.6 is 0 Å². The van der Waals surface area contributed by atoms with Gasteiger partial charge >= 0.3 is 0 Å². The number of rotatable bonds is 5. The van der Waals surface area contributed by atoms with Crippen LogP contribution in [0, 0.1) is 5.82 Å². The molecule has 4 heteroatoms. The van der Waals surface area contributed by atoms with Gasteiger partial charge in [0.1, 0.15) is 17.5 Å². The monoisotopic (exact) mass is 287 g/mol. The normalized spacial score (nSPS) is 11.5. The number of anilines is 1. The van der Waals surface area contributed by atoms with Gasteiger partial charge in [-0.2, -0.15) is 0 Å². The highest BCUT2D eigenvalue weighted by Gasteiger charge is 2.27. The van der Waals surface area contributed by atoms with Gasteiger partial charge in [0.15, 0.2) is 0 Å². The molecule has 0 saturated carbocycles. The predicted octanol–water partition coefficient (Wildman–Crippen LogP) is 3.94. The molecule has 0 fully saturated rings. The summed E-state index contributed by atoms with van der Waals surface area (Å²) in [5, 5.41) is 3.09. The molecule has 112 valence electrons. The highest BCUT2D eigenvalue weighted by molar-refractivity contribution is 5.39. The molecule has 1 N–H and O–H groups in total. The van der Waals surface area contributed by atoms with Gasteiger partial charge in [0.05, 0.1) is 0 Å². The van der Waals surface area contributed by atoms with Gasteiger partial charge < -0.3 is 5.32 Å². The Labute approximate surface area is 125 Å². The molecule has 3 nitrogen and oxygen atoms in total. The van der Waals surface area contributed by atoms with E-state index in [2.05, 4.69) is 31.1 Å². The average molecular weight is 287 g/mol. The summed E-state index contributed by atoms with van der Waals surface area (Å²) in [5.74, 6) is 1.34. The van der Waals surface area contributed by atoms with Crippen molar-refractivity contribution in [3.63, 3.8) is 0 Å². The highest BCUT2D eigenvalue weighted by atomic mass is 19.1. The van der Waals surface area contributed by atoms with E-state index in [-0.39, 0.29) is 11.2 Å². The Balaban J connectivity index is 2.47. The standard InChI is InChI=1S/C17H22FN3/c1-5-6-14-11-15(19-4)21-16(20-14)17(2,3)12-7-9-13(18)10-8-12/h7-11H,5-6H2,1-4H3,(H,19,20,21). The first kappa shape index (κ1) is 15.4. The second-order valence-electron chi connectivity index (χ2n) is 5.70. The third-order valence-electron chi connectivity index (χ3n) is 3.67. The first-order valence-corrected chi connectivity index (χ1v) is 7.29. The van der Waals surface area contributed by atoms with Crippen molar-refractivity contribution < 1.29 is 4.39 Å². The maximum Gasteiger partial charge on any atom is 0.140 e. The summed E-state index contributed by atoms with van der Waals surface area (Å²) in [6, 6.07) is 8.53. The van der Waals surface area contributed by atoms with Gasteiger partial charge in [-0.15, -0.1) is 0 Å². The fraction of sp³-hybridized carbons (Fsp3) is 0.412. The molecular formula is C17H22FN3. The molecule has 2 rings (SSSR count). The van der Waals surface area contributed by atoms with Crippen LogP contribution in [0.5, 0.6) is 0 Å². The zero-order valence-corrected chi connectivity index (χ0v) is 13.1. The SMILES string of the molecule is CCCc1cc(NC)nc(C(C)(C)c2ccc(F)cc2)n1. The van der Waals surface area contributed by atoms with Crippen LogP contribution in [0.2, 0.25) is 0 Å². The minimum absolute atomic E-state index is 0.230. The van der Waals surface area contributed by atoms with Crippen LogP contribution in [0.15, 0.2) is 30.3 Å². The Hall–Kier alpha value is -1.97. The maximum absolute atomic E-state index is 13.1. The third kappa shape index (κ3) is 3.38. The van der Waals surface area contributed by atoms with E-state index in [1.54, 1.807) is 12.1 Å². The zero-order chi connectivity index (χ0) is 15.5. The minimum Gasteiger partial charge on any atom is -0.373 e. The second-order valence-corrected chi connectivity index (χ2v) is 5.70. The Bertz CT molecular complexity index is 606. The quantitative estimate of drug-likeness (QED) is 0.905. The van der Waals surface area contributed by atoms with Crippen LogP contribution in [0.3, 0.4) is 0 Å². The van der Waals surface area contributed by atoms with E-state index in [0.717, 1.165) is 35.7 Å². The number of nitrogens with one attached hydrogen (secondary N) is 1. The molecule has 0 spiro atoms. The van der Waals surface area contributed by atoms with Crippen LogP contribution in [0.1, 0.15) is 44.3 Å². The van der Waals surface area contributed by atoms with Crippen molar-refractivity contribution in [3.8, 4) is 0 Å². The van der Waals surface area contributed by atoms with Crippen LogP contribution < -0.4 is 5.32 Å². The van der Waals surface area contributed by atoms with E-state index in [4.69, 9.17) is 4.98 Å². The number of halogens is 1. The number of nitrogens with zero attached hydrogens (tertiary/aromatic N) is 2. The second kappa shape index (κ2) is 6.20. The fourth-order valence-electron chi connectivity index (χ4n) is 2.28. The van der Waals surface area contributed by atoms with Gasteiger partial charge in [0, 0.05) is 24.2 Å². The first-order chi connectivity index (χ1) is 9.97. The molecule has 1 heterocycles. The van der Waals surface area contributed by atoms with Gasteiger partial charge in [-0.05, 0) is 38.0 Å². The van der Waals surface area contributed by atoms with Crippen molar-refractivity contribution in [2.24, 2.45) is 0 Å². The van der Waals surface area contributed by atoms with Gasteiger partial charge in [0.25, 0.3) is 0 Å². The molecule has 0 aliphatic carbocycles. The van der Waals surface area contributed by atoms with Crippen molar-refractivity contribution in [1.29, 1.82) is 0 Å². The predicted molar refractivity (Wildman–Crippen MR) is 84.1 cm³/mol. The third-order valence-corrected chi connectivity index (χ3v) is 3.67. The van der Waals surface area contributed by atoms with Crippen LogP contribution in [-0.4, -0.2) is 17.0 Å². The average Bonchev–Trinajstić information content (AvgIpc) is 2.47. The van der Waals surface area contributed by atoms with E-state index in [1.165, 1.54) is 12.1 Å². The van der Waals surface area contributed by atoms with Crippen molar-refractivity contribution in [2.75, 3.05) is 12.4 Å². The molecule has 0 aliphatic heterocycles. The summed E-state index contributed by atoms with van der Waals surface area (Å²) >= 11 is 0. The lowest BCUT2D eigenvalue weighted by Gasteiger charge is -2.24. The number of aromatic nitrogens is 2. The molecular weight excluding hydrogens is 265 g/mol. The van der Waals surface area contributed by atoms with Crippen molar-refractivity contribution in [1.82, 2.24) is 9.97 Å². The molecule has 1 aromatic carbocycles. The lowest BCUT2D eigenvalue weighted by molar-refractivity contribution is 0.579. The van der Waals surface area contributed by atoms with Crippen molar-refractivity contribution in [2.45, 2.75) is 39.0 Å². The number of benzene rings is 1. The summed E-state index contributed by atoms with van der Waals surface area (Å²) in [6.45, 7) is 6.25. The molecule has 0 saturated heterocycles. The molecule has 0 unspecified atom stereocenters. The summed E-state index contributed by atoms with van der Waals surface area (Å²) in [6.07, 6.45) is 1.96. The Kier molecular flexibility index (Phi) is 4.56. The van der Waals surface area contributed by atoms with E-state index < -0.39 is 0 Å². The van der Waals surface area contributed by atoms with E-state index in [1.807, 2.05) is 13.1 Å². The lowest BCUT2D eigenvalue weighted by atomic mass is 9.83. The van der Waals surface area contributed by atoms with Gasteiger partial charge in [-0.3, -0.25) is 0 Å². The molecule has 0 amide bonds. The molecule has 0 aliphatic rings. The highest BCUT2D eigenvalue weighted by Crippen LogP contribution is 2.30. The summed E-state index contributed by atoms with van der Waals surface area (Å²) in [4.78, 5) is 9.29. The zero-order valence-electron chi connectivity index (χ0n) is 13.1. The number of aryl methyl sites for hydroxylation is 1. The van der Waals surface area contributed by atoms with E-state index >= 15 is 0 Å².